The molecule has 8 nitrogen and oxygen atoms in total. The molecule has 0 aromatic heterocycles. The molecule has 1 heterocycles. The first-order chi connectivity index (χ1) is 13.3. The number of amides is 4. The van der Waals surface area contributed by atoms with Crippen LogP contribution in [0.3, 0.4) is 0 Å². The summed E-state index contributed by atoms with van der Waals surface area (Å²) in [6.07, 6.45) is 0.733. The summed E-state index contributed by atoms with van der Waals surface area (Å²) >= 11 is 6.11. The van der Waals surface area contributed by atoms with Gasteiger partial charge >= 0.3 is 12.0 Å². The number of rotatable bonds is 7. The van der Waals surface area contributed by atoms with Gasteiger partial charge in [0.1, 0.15) is 0 Å². The van der Waals surface area contributed by atoms with Gasteiger partial charge in [0, 0.05) is 30.6 Å². The summed E-state index contributed by atoms with van der Waals surface area (Å²) in [6.45, 7) is 3.61. The molecule has 1 aromatic rings. The van der Waals surface area contributed by atoms with Gasteiger partial charge < -0.3 is 15.0 Å². The van der Waals surface area contributed by atoms with Crippen LogP contribution in [0.4, 0.5) is 4.79 Å². The summed E-state index contributed by atoms with van der Waals surface area (Å²) < 4.78 is 4.95. The number of benzene rings is 1. The van der Waals surface area contributed by atoms with Gasteiger partial charge in [-0.2, -0.15) is 0 Å². The Labute approximate surface area is 168 Å². The molecule has 0 aliphatic carbocycles. The number of imide groups is 1. The largest absolute Gasteiger partial charge is 0.455 e. The highest BCUT2D eigenvalue weighted by molar-refractivity contribution is 6.31. The quantitative estimate of drug-likeness (QED) is 0.669. The number of hydrogen-bond acceptors (Lipinski definition) is 5. The van der Waals surface area contributed by atoms with Crippen molar-refractivity contribution in [3.63, 3.8) is 0 Å². The van der Waals surface area contributed by atoms with Gasteiger partial charge in [0.25, 0.3) is 5.91 Å². The van der Waals surface area contributed by atoms with Crippen molar-refractivity contribution < 1.29 is 23.9 Å². The third kappa shape index (κ3) is 6.23. The zero-order valence-corrected chi connectivity index (χ0v) is 16.6. The van der Waals surface area contributed by atoms with Gasteiger partial charge in [0.05, 0.1) is 5.92 Å². The molecule has 0 saturated carbocycles. The maximum Gasteiger partial charge on any atom is 0.321 e. The maximum absolute atomic E-state index is 12.2. The number of esters is 1. The Morgan fingerprint density at radius 2 is 2.04 bits per heavy atom. The van der Waals surface area contributed by atoms with Crippen LogP contribution in [0.2, 0.25) is 5.02 Å². The topological polar surface area (TPSA) is 105 Å². The normalized spacial score (nSPS) is 17.2. The lowest BCUT2D eigenvalue weighted by Crippen LogP contribution is -2.44. The van der Waals surface area contributed by atoms with E-state index >= 15 is 0 Å². The smallest absolute Gasteiger partial charge is 0.321 e. The van der Waals surface area contributed by atoms with Crippen LogP contribution in [-0.2, 0) is 25.7 Å². The van der Waals surface area contributed by atoms with Crippen LogP contribution >= 0.6 is 11.6 Å². The van der Waals surface area contributed by atoms with Crippen LogP contribution in [0.25, 0.3) is 0 Å². The van der Waals surface area contributed by atoms with Crippen LogP contribution in [0.15, 0.2) is 24.3 Å². The third-order valence-corrected chi connectivity index (χ3v) is 4.82. The number of hydrogen-bond donors (Lipinski definition) is 2. The Bertz CT molecular complexity index is 755. The van der Waals surface area contributed by atoms with Gasteiger partial charge in [-0.25, -0.2) is 4.79 Å². The average Bonchev–Trinajstić information content (AvgIpc) is 3.02. The van der Waals surface area contributed by atoms with Crippen molar-refractivity contribution in [2.24, 2.45) is 5.92 Å². The lowest BCUT2D eigenvalue weighted by atomic mass is 10.1. The van der Waals surface area contributed by atoms with E-state index in [0.29, 0.717) is 11.6 Å². The molecule has 2 atom stereocenters. The molecule has 9 heteroatoms. The number of likely N-dealkylation sites (tertiary alicyclic amines) is 1. The van der Waals surface area contributed by atoms with Crippen molar-refractivity contribution in [2.75, 3.05) is 13.2 Å². The van der Waals surface area contributed by atoms with Gasteiger partial charge in [0.15, 0.2) is 6.61 Å². The minimum atomic E-state index is -0.730. The summed E-state index contributed by atoms with van der Waals surface area (Å²) in [6, 6.07) is 6.45. The lowest BCUT2D eigenvalue weighted by molar-refractivity contribution is -0.152. The van der Waals surface area contributed by atoms with E-state index in [2.05, 4.69) is 10.6 Å². The van der Waals surface area contributed by atoms with Crippen molar-refractivity contribution in [2.45, 2.75) is 39.3 Å². The second kappa shape index (κ2) is 10.1. The van der Waals surface area contributed by atoms with E-state index < -0.39 is 30.4 Å². The number of carbonyl (C=O) groups is 4. The van der Waals surface area contributed by atoms with Crippen molar-refractivity contribution in [3.8, 4) is 0 Å². The number of nitrogens with one attached hydrogen (secondary N) is 2. The zero-order chi connectivity index (χ0) is 20.7. The zero-order valence-electron chi connectivity index (χ0n) is 15.9. The summed E-state index contributed by atoms with van der Waals surface area (Å²) in [4.78, 5) is 49.1. The Morgan fingerprint density at radius 3 is 2.71 bits per heavy atom. The van der Waals surface area contributed by atoms with Crippen LogP contribution in [0.1, 0.15) is 32.3 Å². The number of carbonyl (C=O) groups excluding carboxylic acids is 4. The average molecular weight is 410 g/mol. The van der Waals surface area contributed by atoms with E-state index in [1.807, 2.05) is 19.1 Å². The van der Waals surface area contributed by atoms with Crippen molar-refractivity contribution >= 4 is 35.4 Å². The highest BCUT2D eigenvalue weighted by Gasteiger charge is 2.35. The molecule has 152 valence electrons. The molecule has 1 fully saturated rings. The van der Waals surface area contributed by atoms with E-state index in [9.17, 15) is 19.2 Å². The molecule has 2 N–H and O–H groups in total. The van der Waals surface area contributed by atoms with Gasteiger partial charge in [-0.1, -0.05) is 36.7 Å². The fourth-order valence-corrected chi connectivity index (χ4v) is 2.89. The third-order valence-electron chi connectivity index (χ3n) is 4.46. The summed E-state index contributed by atoms with van der Waals surface area (Å²) in [5, 5.41) is 5.21. The van der Waals surface area contributed by atoms with Crippen LogP contribution in [-0.4, -0.2) is 47.9 Å². The summed E-state index contributed by atoms with van der Waals surface area (Å²) in [5.41, 5.74) is 0.790. The molecule has 1 aromatic carbocycles. The maximum atomic E-state index is 12.2. The molecule has 1 saturated heterocycles. The van der Waals surface area contributed by atoms with E-state index in [1.165, 1.54) is 4.90 Å². The molecule has 0 bridgehead atoms. The van der Waals surface area contributed by atoms with E-state index in [0.717, 1.165) is 12.0 Å². The SMILES string of the molecule is CC[C@@H](C)NC(=O)NC(=O)COC(=O)[C@H]1CC(=O)N(Cc2ccccc2Cl)C1. The predicted molar refractivity (Wildman–Crippen MR) is 102 cm³/mol. The minimum absolute atomic E-state index is 0.0133. The number of urea groups is 1. The predicted octanol–water partition coefficient (Wildman–Crippen LogP) is 1.86. The Morgan fingerprint density at radius 1 is 1.32 bits per heavy atom. The Hall–Kier alpha value is -2.61. The molecule has 1 aliphatic heterocycles. The van der Waals surface area contributed by atoms with E-state index in [-0.39, 0.29) is 24.9 Å². The van der Waals surface area contributed by atoms with E-state index in [1.54, 1.807) is 19.1 Å². The molecule has 2 rings (SSSR count). The van der Waals surface area contributed by atoms with Crippen molar-refractivity contribution in [1.29, 1.82) is 0 Å². The summed E-state index contributed by atoms with van der Waals surface area (Å²) in [7, 11) is 0. The van der Waals surface area contributed by atoms with E-state index in [4.69, 9.17) is 16.3 Å². The number of halogens is 1. The van der Waals surface area contributed by atoms with Crippen LogP contribution < -0.4 is 10.6 Å². The second-order valence-corrected chi connectivity index (χ2v) is 7.11. The minimum Gasteiger partial charge on any atom is -0.455 e. The fraction of sp³-hybridized carbons (Fsp3) is 0.474. The highest BCUT2D eigenvalue weighted by atomic mass is 35.5. The molecular formula is C19H24ClN3O5. The number of nitrogens with zero attached hydrogens (tertiary/aromatic N) is 1. The molecule has 0 radical (unpaired) electrons. The Balaban J connectivity index is 1.79. The first kappa shape index (κ1) is 21.7. The molecular weight excluding hydrogens is 386 g/mol. The van der Waals surface area contributed by atoms with Gasteiger partial charge in [-0.05, 0) is 25.0 Å². The number of ether oxygens (including phenoxy) is 1. The molecule has 28 heavy (non-hydrogen) atoms. The molecule has 0 unspecified atom stereocenters. The fourth-order valence-electron chi connectivity index (χ4n) is 2.69. The monoisotopic (exact) mass is 409 g/mol. The van der Waals surface area contributed by atoms with Crippen LogP contribution in [0, 0.1) is 5.92 Å². The molecule has 0 spiro atoms. The standard InChI is InChI=1S/C19H24ClN3O5/c1-3-12(2)21-19(27)22-16(24)11-28-18(26)14-8-17(25)23(10-14)9-13-6-4-5-7-15(13)20/h4-7,12,14H,3,8-11H2,1-2H3,(H2,21,22,24,27)/t12-,14+/m1/s1. The Kier molecular flexibility index (Phi) is 7.80. The lowest BCUT2D eigenvalue weighted by Gasteiger charge is -2.17. The highest BCUT2D eigenvalue weighted by Crippen LogP contribution is 2.24. The van der Waals surface area contributed by atoms with Crippen molar-refractivity contribution in [3.05, 3.63) is 34.9 Å². The van der Waals surface area contributed by atoms with Gasteiger partial charge in [-0.15, -0.1) is 0 Å². The van der Waals surface area contributed by atoms with Crippen molar-refractivity contribution in [1.82, 2.24) is 15.5 Å². The molecule has 1 aliphatic rings. The van der Waals surface area contributed by atoms with Gasteiger partial charge in [-0.3, -0.25) is 19.7 Å². The first-order valence-electron chi connectivity index (χ1n) is 9.08. The van der Waals surface area contributed by atoms with Gasteiger partial charge in [0.2, 0.25) is 5.91 Å². The van der Waals surface area contributed by atoms with Crippen LogP contribution in [0.5, 0.6) is 0 Å². The molecule has 4 amide bonds. The summed E-state index contributed by atoms with van der Waals surface area (Å²) in [5.74, 6) is -2.21. The first-order valence-corrected chi connectivity index (χ1v) is 9.46. The second-order valence-electron chi connectivity index (χ2n) is 6.71.